The second-order valence-electron chi connectivity index (χ2n) is 8.41. The van der Waals surface area contributed by atoms with Crippen LogP contribution in [0.15, 0.2) is 60.7 Å². The Labute approximate surface area is 178 Å². The first-order valence-electron chi connectivity index (χ1n) is 10.2. The summed E-state index contributed by atoms with van der Waals surface area (Å²) >= 11 is 0. The number of fused-ring (bicyclic) bond motifs is 1. The lowest BCUT2D eigenvalue weighted by Gasteiger charge is -2.32. The van der Waals surface area contributed by atoms with E-state index in [4.69, 9.17) is 4.74 Å². The van der Waals surface area contributed by atoms with Crippen LogP contribution in [0.4, 0.5) is 11.4 Å². The van der Waals surface area contributed by atoms with Crippen molar-refractivity contribution in [3.8, 4) is 0 Å². The van der Waals surface area contributed by atoms with E-state index in [1.54, 1.807) is 0 Å². The van der Waals surface area contributed by atoms with Crippen LogP contribution in [-0.2, 0) is 10.3 Å². The Morgan fingerprint density at radius 1 is 0.733 bits per heavy atom. The van der Waals surface area contributed by atoms with Gasteiger partial charge in [-0.3, -0.25) is 0 Å². The number of esters is 1. The second kappa shape index (κ2) is 7.21. The molecule has 3 aromatic rings. The number of cyclic esters (lactones) is 1. The van der Waals surface area contributed by atoms with E-state index < -0.39 is 5.60 Å². The third-order valence-electron chi connectivity index (χ3n) is 5.94. The van der Waals surface area contributed by atoms with E-state index in [-0.39, 0.29) is 5.97 Å². The summed E-state index contributed by atoms with van der Waals surface area (Å²) in [6.07, 6.45) is 0. The van der Waals surface area contributed by atoms with Crippen molar-refractivity contribution in [1.82, 2.24) is 0 Å². The van der Waals surface area contributed by atoms with E-state index in [1.807, 2.05) is 52.5 Å². The maximum Gasteiger partial charge on any atom is 0.340 e. The molecule has 0 bridgehead atoms. The number of aryl methyl sites for hydroxylation is 2. The zero-order valence-corrected chi connectivity index (χ0v) is 18.5. The van der Waals surface area contributed by atoms with Gasteiger partial charge in [0.15, 0.2) is 5.60 Å². The summed E-state index contributed by atoms with van der Waals surface area (Å²) in [5, 5.41) is 0. The zero-order valence-electron chi connectivity index (χ0n) is 18.5. The van der Waals surface area contributed by atoms with E-state index in [0.29, 0.717) is 5.56 Å². The minimum atomic E-state index is -0.959. The molecule has 0 atom stereocenters. The third-order valence-corrected chi connectivity index (χ3v) is 5.94. The van der Waals surface area contributed by atoms with Gasteiger partial charge in [-0.25, -0.2) is 4.79 Å². The molecule has 0 N–H and O–H groups in total. The van der Waals surface area contributed by atoms with Gasteiger partial charge in [0.25, 0.3) is 0 Å². The van der Waals surface area contributed by atoms with Gasteiger partial charge in [-0.15, -0.1) is 0 Å². The molecule has 0 aliphatic carbocycles. The average Bonchev–Trinajstić information content (AvgIpc) is 3.01. The molecule has 0 aromatic heterocycles. The Morgan fingerprint density at radius 3 is 1.70 bits per heavy atom. The molecule has 0 fully saturated rings. The van der Waals surface area contributed by atoms with Crippen molar-refractivity contribution in [2.45, 2.75) is 19.4 Å². The summed E-state index contributed by atoms with van der Waals surface area (Å²) < 4.78 is 6.24. The molecule has 4 rings (SSSR count). The predicted molar refractivity (Wildman–Crippen MR) is 123 cm³/mol. The molecule has 0 unspecified atom stereocenters. The zero-order chi connectivity index (χ0) is 21.6. The second-order valence-corrected chi connectivity index (χ2v) is 8.41. The van der Waals surface area contributed by atoms with E-state index in [9.17, 15) is 4.79 Å². The van der Waals surface area contributed by atoms with Crippen LogP contribution >= 0.6 is 0 Å². The maximum absolute atomic E-state index is 12.9. The smallest absolute Gasteiger partial charge is 0.340 e. The number of hydrogen-bond acceptors (Lipinski definition) is 4. The number of benzene rings is 3. The number of carbonyl (C=O) groups is 1. The summed E-state index contributed by atoms with van der Waals surface area (Å²) in [6, 6.07) is 20.3. The molecule has 0 amide bonds. The lowest BCUT2D eigenvalue weighted by molar-refractivity contribution is 0.0251. The summed E-state index contributed by atoms with van der Waals surface area (Å²) in [6.45, 7) is 4.19. The summed E-state index contributed by atoms with van der Waals surface area (Å²) in [4.78, 5) is 17.1. The van der Waals surface area contributed by atoms with Gasteiger partial charge >= 0.3 is 5.97 Å². The molecule has 1 heterocycles. The van der Waals surface area contributed by atoms with Crippen molar-refractivity contribution in [3.63, 3.8) is 0 Å². The van der Waals surface area contributed by atoms with Crippen LogP contribution in [0.3, 0.4) is 0 Å². The highest BCUT2D eigenvalue weighted by atomic mass is 16.6. The Kier molecular flexibility index (Phi) is 4.81. The standard InChI is InChI=1S/C26H28N2O2/c1-17-15-19(11-13-23(17)27(3)4)26(20-12-14-24(28(5)6)18(2)16-20)22-10-8-7-9-21(22)25(29)30-26/h7-16H,1-6H3. The summed E-state index contributed by atoms with van der Waals surface area (Å²) in [7, 11) is 8.13. The molecule has 154 valence electrons. The van der Waals surface area contributed by atoms with Crippen molar-refractivity contribution >= 4 is 17.3 Å². The van der Waals surface area contributed by atoms with Crippen molar-refractivity contribution in [2.75, 3.05) is 38.0 Å². The predicted octanol–water partition coefficient (Wildman–Crippen LogP) is 4.90. The van der Waals surface area contributed by atoms with Gasteiger partial charge in [-0.1, -0.05) is 30.3 Å². The van der Waals surface area contributed by atoms with Gasteiger partial charge in [-0.05, 0) is 55.3 Å². The van der Waals surface area contributed by atoms with Gasteiger partial charge < -0.3 is 14.5 Å². The van der Waals surface area contributed by atoms with E-state index in [1.165, 1.54) is 0 Å². The average molecular weight is 401 g/mol. The summed E-state index contributed by atoms with van der Waals surface area (Å²) in [5.41, 5.74) is 7.04. The fourth-order valence-corrected chi connectivity index (χ4v) is 4.57. The molecular weight excluding hydrogens is 372 g/mol. The molecule has 0 spiro atoms. The van der Waals surface area contributed by atoms with Crippen molar-refractivity contribution in [3.05, 3.63) is 94.0 Å². The van der Waals surface area contributed by atoms with Crippen LogP contribution < -0.4 is 9.80 Å². The number of nitrogens with zero attached hydrogens (tertiary/aromatic N) is 2. The van der Waals surface area contributed by atoms with Crippen molar-refractivity contribution in [1.29, 1.82) is 0 Å². The van der Waals surface area contributed by atoms with Gasteiger partial charge in [0.1, 0.15) is 0 Å². The van der Waals surface area contributed by atoms with E-state index >= 15 is 0 Å². The minimum Gasteiger partial charge on any atom is -0.441 e. The van der Waals surface area contributed by atoms with Crippen LogP contribution in [0.5, 0.6) is 0 Å². The van der Waals surface area contributed by atoms with Crippen molar-refractivity contribution < 1.29 is 9.53 Å². The minimum absolute atomic E-state index is 0.283. The maximum atomic E-state index is 12.9. The van der Waals surface area contributed by atoms with Crippen LogP contribution in [0.1, 0.15) is 38.2 Å². The van der Waals surface area contributed by atoms with E-state index in [0.717, 1.165) is 39.2 Å². The SMILES string of the molecule is Cc1cc(C2(c3ccc(N(C)C)c(C)c3)OC(=O)c3ccccc32)ccc1N(C)C. The van der Waals surface area contributed by atoms with Gasteiger partial charge in [0, 0.05) is 56.3 Å². The summed E-state index contributed by atoms with van der Waals surface area (Å²) in [5.74, 6) is -0.283. The van der Waals surface area contributed by atoms with Crippen LogP contribution in [-0.4, -0.2) is 34.2 Å². The normalized spacial score (nSPS) is 14.3. The van der Waals surface area contributed by atoms with E-state index in [2.05, 4.69) is 60.0 Å². The van der Waals surface area contributed by atoms with Gasteiger partial charge in [0.2, 0.25) is 0 Å². The number of ether oxygens (including phenoxy) is 1. The lowest BCUT2D eigenvalue weighted by Crippen LogP contribution is -2.30. The topological polar surface area (TPSA) is 32.8 Å². The first-order valence-corrected chi connectivity index (χ1v) is 10.2. The largest absolute Gasteiger partial charge is 0.441 e. The van der Waals surface area contributed by atoms with Crippen molar-refractivity contribution in [2.24, 2.45) is 0 Å². The molecule has 4 nitrogen and oxygen atoms in total. The Hall–Kier alpha value is -3.27. The first kappa shape index (κ1) is 20.0. The quantitative estimate of drug-likeness (QED) is 0.584. The fourth-order valence-electron chi connectivity index (χ4n) is 4.57. The number of carbonyl (C=O) groups excluding carboxylic acids is 1. The molecule has 30 heavy (non-hydrogen) atoms. The molecule has 0 radical (unpaired) electrons. The third kappa shape index (κ3) is 2.95. The number of anilines is 2. The number of rotatable bonds is 4. The number of hydrogen-bond donors (Lipinski definition) is 0. The molecule has 0 saturated heterocycles. The fraction of sp³-hybridized carbons (Fsp3) is 0.269. The molecular formula is C26H28N2O2. The molecule has 0 saturated carbocycles. The highest BCUT2D eigenvalue weighted by molar-refractivity contribution is 5.96. The van der Waals surface area contributed by atoms with Crippen LogP contribution in [0.2, 0.25) is 0 Å². The Morgan fingerprint density at radius 2 is 1.23 bits per heavy atom. The lowest BCUT2D eigenvalue weighted by atomic mass is 9.78. The molecule has 4 heteroatoms. The van der Waals surface area contributed by atoms with Crippen LogP contribution in [0, 0.1) is 13.8 Å². The molecule has 1 aliphatic heterocycles. The molecule has 1 aliphatic rings. The van der Waals surface area contributed by atoms with Gasteiger partial charge in [0.05, 0.1) is 5.56 Å². The highest BCUT2D eigenvalue weighted by Crippen LogP contribution is 2.48. The molecule has 3 aromatic carbocycles. The van der Waals surface area contributed by atoms with Crippen LogP contribution in [0.25, 0.3) is 0 Å². The Balaban J connectivity index is 2.00. The Bertz CT molecular complexity index is 1070. The monoisotopic (exact) mass is 400 g/mol. The first-order chi connectivity index (χ1) is 14.3. The van der Waals surface area contributed by atoms with Gasteiger partial charge in [-0.2, -0.15) is 0 Å². The highest BCUT2D eigenvalue weighted by Gasteiger charge is 2.48.